The maximum Gasteiger partial charge on any atom is 0.258 e. The lowest BCUT2D eigenvalue weighted by atomic mass is 9.74. The molecule has 192 valence electrons. The summed E-state index contributed by atoms with van der Waals surface area (Å²) in [4.78, 5) is 22.3. The Hall–Kier alpha value is -3.97. The molecule has 0 aliphatic carbocycles. The largest absolute Gasteiger partial charge is 0.492 e. The molecule has 0 N–H and O–H groups in total. The highest BCUT2D eigenvalue weighted by molar-refractivity contribution is 6.07. The molecule has 4 heterocycles. The molecule has 0 bridgehead atoms. The zero-order chi connectivity index (χ0) is 25.9. The van der Waals surface area contributed by atoms with E-state index in [0.29, 0.717) is 23.8 Å². The number of fused-ring (bicyclic) bond motifs is 3. The summed E-state index contributed by atoms with van der Waals surface area (Å²) in [5, 5.41) is 3.98. The van der Waals surface area contributed by atoms with Crippen molar-refractivity contribution in [3.63, 3.8) is 0 Å². The minimum absolute atomic E-state index is 0.0504. The van der Waals surface area contributed by atoms with Crippen molar-refractivity contribution >= 4 is 11.6 Å². The van der Waals surface area contributed by atoms with Gasteiger partial charge in [-0.1, -0.05) is 41.6 Å². The number of benzene rings is 3. The first-order valence-electron chi connectivity index (χ1n) is 13.3. The van der Waals surface area contributed by atoms with Gasteiger partial charge in [-0.3, -0.25) is 4.79 Å². The van der Waals surface area contributed by atoms with Gasteiger partial charge in [0.05, 0.1) is 6.61 Å². The van der Waals surface area contributed by atoms with Gasteiger partial charge in [0.25, 0.3) is 5.91 Å². The maximum absolute atomic E-state index is 13.6. The molecule has 3 aromatic carbocycles. The van der Waals surface area contributed by atoms with Crippen LogP contribution >= 0.6 is 0 Å². The van der Waals surface area contributed by atoms with E-state index in [1.54, 1.807) is 6.92 Å². The van der Waals surface area contributed by atoms with Crippen LogP contribution < -0.4 is 9.64 Å². The first kappa shape index (κ1) is 23.2. The predicted octanol–water partition coefficient (Wildman–Crippen LogP) is 5.27. The number of rotatable bonds is 3. The molecule has 4 aromatic rings. The first-order chi connectivity index (χ1) is 18.5. The summed E-state index contributed by atoms with van der Waals surface area (Å²) in [6, 6.07) is 20.4. The Labute approximate surface area is 222 Å². The second kappa shape index (κ2) is 8.81. The number of likely N-dealkylation sites (tertiary alicyclic amines) is 1. The molecular formula is C31H30N4O3. The molecule has 3 aliphatic heterocycles. The van der Waals surface area contributed by atoms with Crippen LogP contribution in [0.15, 0.2) is 65.2 Å². The molecule has 0 atom stereocenters. The van der Waals surface area contributed by atoms with Gasteiger partial charge in [-0.05, 0) is 80.4 Å². The summed E-state index contributed by atoms with van der Waals surface area (Å²) in [7, 11) is 2.18. The molecule has 1 saturated heterocycles. The third kappa shape index (κ3) is 3.80. The molecule has 1 spiro atoms. The summed E-state index contributed by atoms with van der Waals surface area (Å²) < 4.78 is 11.3. The van der Waals surface area contributed by atoms with E-state index in [1.807, 2.05) is 53.4 Å². The monoisotopic (exact) mass is 506 g/mol. The quantitative estimate of drug-likeness (QED) is 0.377. The van der Waals surface area contributed by atoms with Crippen LogP contribution in [0.2, 0.25) is 0 Å². The predicted molar refractivity (Wildman–Crippen MR) is 146 cm³/mol. The highest BCUT2D eigenvalue weighted by Crippen LogP contribution is 2.49. The van der Waals surface area contributed by atoms with Crippen LogP contribution in [0.5, 0.6) is 5.75 Å². The Kier molecular flexibility index (Phi) is 5.37. The molecule has 3 aliphatic rings. The number of aromatic nitrogens is 2. The third-order valence-corrected chi connectivity index (χ3v) is 8.48. The average molecular weight is 507 g/mol. The molecule has 38 heavy (non-hydrogen) atoms. The number of carbonyl (C=O) groups excluding carboxylic acids is 1. The van der Waals surface area contributed by atoms with Gasteiger partial charge in [0, 0.05) is 41.3 Å². The van der Waals surface area contributed by atoms with Crippen LogP contribution in [0.1, 0.15) is 40.2 Å². The summed E-state index contributed by atoms with van der Waals surface area (Å²) in [6.07, 6.45) is 3.05. The zero-order valence-electron chi connectivity index (χ0n) is 21.7. The SMILES string of the molecule is Cc1nc(-c2ccc(-c3ccc(C(=O)N4CCc5cc6c(cc54)C4(CCN(C)CC4)CO6)cc3)cc2)no1. The number of hydrogen-bond acceptors (Lipinski definition) is 6. The van der Waals surface area contributed by atoms with Crippen molar-refractivity contribution in [2.45, 2.75) is 31.6 Å². The van der Waals surface area contributed by atoms with Crippen molar-refractivity contribution in [3.05, 3.63) is 83.2 Å². The van der Waals surface area contributed by atoms with Crippen LogP contribution in [0.3, 0.4) is 0 Å². The van der Waals surface area contributed by atoms with E-state index >= 15 is 0 Å². The molecule has 1 fully saturated rings. The number of ether oxygens (including phenoxy) is 1. The minimum Gasteiger partial charge on any atom is -0.492 e. The van der Waals surface area contributed by atoms with E-state index in [2.05, 4.69) is 34.2 Å². The number of piperidine rings is 1. The fourth-order valence-corrected chi connectivity index (χ4v) is 6.10. The summed E-state index contributed by atoms with van der Waals surface area (Å²) in [6.45, 7) is 5.39. The van der Waals surface area contributed by atoms with Gasteiger partial charge in [0.2, 0.25) is 11.7 Å². The zero-order valence-corrected chi connectivity index (χ0v) is 21.7. The summed E-state index contributed by atoms with van der Waals surface area (Å²) in [5.74, 6) is 2.20. The van der Waals surface area contributed by atoms with Gasteiger partial charge in [-0.2, -0.15) is 4.98 Å². The first-order valence-corrected chi connectivity index (χ1v) is 13.3. The topological polar surface area (TPSA) is 71.7 Å². The standard InChI is InChI=1S/C31H30N4O3/c1-20-32-29(33-38-20)23-7-3-21(4-8-23)22-5-9-24(10-6-22)30(36)35-14-11-25-17-28-26(18-27(25)35)31(19-37-28)12-15-34(2)16-13-31/h3-10,17-18H,11-16,19H2,1-2H3. The van der Waals surface area contributed by atoms with Gasteiger partial charge < -0.3 is 19.1 Å². The molecule has 0 radical (unpaired) electrons. The number of amides is 1. The van der Waals surface area contributed by atoms with E-state index in [9.17, 15) is 4.79 Å². The highest BCUT2D eigenvalue weighted by Gasteiger charge is 2.44. The van der Waals surface area contributed by atoms with E-state index in [4.69, 9.17) is 9.26 Å². The van der Waals surface area contributed by atoms with Crippen molar-refractivity contribution in [2.24, 2.45) is 0 Å². The lowest BCUT2D eigenvalue weighted by Crippen LogP contribution is -2.42. The van der Waals surface area contributed by atoms with Crippen molar-refractivity contribution in [1.82, 2.24) is 15.0 Å². The van der Waals surface area contributed by atoms with Crippen LogP contribution in [0.4, 0.5) is 5.69 Å². The van der Waals surface area contributed by atoms with Crippen molar-refractivity contribution in [1.29, 1.82) is 0 Å². The van der Waals surface area contributed by atoms with E-state index in [1.165, 1.54) is 11.1 Å². The number of hydrogen-bond donors (Lipinski definition) is 0. The second-order valence-electron chi connectivity index (χ2n) is 10.8. The van der Waals surface area contributed by atoms with Crippen LogP contribution in [0.25, 0.3) is 22.5 Å². The van der Waals surface area contributed by atoms with Crippen LogP contribution in [0, 0.1) is 6.92 Å². The normalized spacial score (nSPS) is 17.9. The fraction of sp³-hybridized carbons (Fsp3) is 0.323. The molecule has 7 nitrogen and oxygen atoms in total. The lowest BCUT2D eigenvalue weighted by Gasteiger charge is -2.37. The Balaban J connectivity index is 1.12. The van der Waals surface area contributed by atoms with Crippen LogP contribution in [-0.2, 0) is 11.8 Å². The fourth-order valence-electron chi connectivity index (χ4n) is 6.10. The molecular weight excluding hydrogens is 476 g/mol. The Bertz CT molecular complexity index is 1520. The summed E-state index contributed by atoms with van der Waals surface area (Å²) in [5.41, 5.74) is 7.35. The van der Waals surface area contributed by atoms with Gasteiger partial charge in [0.15, 0.2) is 0 Å². The van der Waals surface area contributed by atoms with Gasteiger partial charge in [0.1, 0.15) is 5.75 Å². The average Bonchev–Trinajstić information content (AvgIpc) is 3.66. The Morgan fingerprint density at radius 2 is 1.61 bits per heavy atom. The maximum atomic E-state index is 13.6. The third-order valence-electron chi connectivity index (χ3n) is 8.48. The van der Waals surface area contributed by atoms with Gasteiger partial charge in [-0.15, -0.1) is 0 Å². The molecule has 0 saturated carbocycles. The smallest absolute Gasteiger partial charge is 0.258 e. The second-order valence-corrected chi connectivity index (χ2v) is 10.8. The number of aryl methyl sites for hydroxylation is 1. The summed E-state index contributed by atoms with van der Waals surface area (Å²) >= 11 is 0. The van der Waals surface area contributed by atoms with Crippen LogP contribution in [-0.4, -0.2) is 54.2 Å². The molecule has 7 rings (SSSR count). The highest BCUT2D eigenvalue weighted by atomic mass is 16.5. The van der Waals surface area contributed by atoms with E-state index in [-0.39, 0.29) is 11.3 Å². The molecule has 1 amide bonds. The van der Waals surface area contributed by atoms with Gasteiger partial charge >= 0.3 is 0 Å². The van der Waals surface area contributed by atoms with Crippen molar-refractivity contribution in [2.75, 3.05) is 38.2 Å². The molecule has 7 heteroatoms. The number of anilines is 1. The number of carbonyl (C=O) groups is 1. The van der Waals surface area contributed by atoms with Crippen molar-refractivity contribution < 1.29 is 14.1 Å². The minimum atomic E-state index is 0.0504. The number of nitrogens with zero attached hydrogens (tertiary/aromatic N) is 4. The Morgan fingerprint density at radius 1 is 0.921 bits per heavy atom. The van der Waals surface area contributed by atoms with E-state index in [0.717, 1.165) is 67.1 Å². The van der Waals surface area contributed by atoms with Crippen molar-refractivity contribution in [3.8, 4) is 28.3 Å². The van der Waals surface area contributed by atoms with E-state index < -0.39 is 0 Å². The lowest BCUT2D eigenvalue weighted by molar-refractivity contribution is 0.0989. The molecule has 1 aromatic heterocycles. The Morgan fingerprint density at radius 3 is 2.29 bits per heavy atom. The molecule has 0 unspecified atom stereocenters. The van der Waals surface area contributed by atoms with Gasteiger partial charge in [-0.25, -0.2) is 0 Å².